The van der Waals surface area contributed by atoms with Crippen molar-refractivity contribution in [2.45, 2.75) is 79.1 Å². The summed E-state index contributed by atoms with van der Waals surface area (Å²) < 4.78 is 15.5. The molecular formula is C32H49N3O8. The fourth-order valence-corrected chi connectivity index (χ4v) is 4.58. The average molecular weight is 604 g/mol. The van der Waals surface area contributed by atoms with Crippen molar-refractivity contribution in [3.63, 3.8) is 0 Å². The predicted molar refractivity (Wildman–Crippen MR) is 165 cm³/mol. The van der Waals surface area contributed by atoms with Gasteiger partial charge in [0.15, 0.2) is 0 Å². The Morgan fingerprint density at radius 1 is 1.12 bits per heavy atom. The molecule has 240 valence electrons. The van der Waals surface area contributed by atoms with Crippen molar-refractivity contribution < 1.29 is 38.5 Å². The van der Waals surface area contributed by atoms with Crippen molar-refractivity contribution in [2.24, 2.45) is 17.6 Å². The maximum Gasteiger partial charge on any atom is 0.404 e. The van der Waals surface area contributed by atoms with Crippen molar-refractivity contribution in [1.82, 2.24) is 10.6 Å². The molecule has 1 aliphatic carbocycles. The van der Waals surface area contributed by atoms with Crippen LogP contribution in [0.4, 0.5) is 4.79 Å². The van der Waals surface area contributed by atoms with Crippen LogP contribution in [0, 0.1) is 11.8 Å². The molecule has 0 aromatic heterocycles. The zero-order valence-corrected chi connectivity index (χ0v) is 26.7. The zero-order valence-electron chi connectivity index (χ0n) is 26.7. The number of hydrogen-bond donors (Lipinski definition) is 4. The normalized spacial score (nSPS) is 17.6. The average Bonchev–Trinajstić information content (AvgIpc) is 2.94. The van der Waals surface area contributed by atoms with E-state index in [0.29, 0.717) is 13.0 Å². The Morgan fingerprint density at radius 2 is 1.79 bits per heavy atom. The van der Waals surface area contributed by atoms with Crippen LogP contribution in [0.3, 0.4) is 0 Å². The van der Waals surface area contributed by atoms with E-state index in [1.807, 2.05) is 40.7 Å². The minimum atomic E-state index is -0.928. The molecule has 0 saturated carbocycles. The minimum absolute atomic E-state index is 0.0918. The molecule has 0 aliphatic heterocycles. The van der Waals surface area contributed by atoms with Gasteiger partial charge in [-0.05, 0) is 46.0 Å². The summed E-state index contributed by atoms with van der Waals surface area (Å²) in [5.41, 5.74) is 6.72. The van der Waals surface area contributed by atoms with Crippen LogP contribution in [0.2, 0.25) is 0 Å². The monoisotopic (exact) mass is 603 g/mol. The van der Waals surface area contributed by atoms with E-state index in [4.69, 9.17) is 19.9 Å². The molecule has 1 rings (SSSR count). The number of aliphatic hydroxyl groups excluding tert-OH is 1. The zero-order chi connectivity index (χ0) is 32.7. The van der Waals surface area contributed by atoms with E-state index >= 15 is 0 Å². The van der Waals surface area contributed by atoms with Gasteiger partial charge in [0.2, 0.25) is 11.6 Å². The molecule has 0 saturated heterocycles. The summed E-state index contributed by atoms with van der Waals surface area (Å²) >= 11 is 0. The van der Waals surface area contributed by atoms with Crippen molar-refractivity contribution in [3.05, 3.63) is 58.5 Å². The number of ether oxygens (including phenoxy) is 3. The Bertz CT molecular complexity index is 1150. The third kappa shape index (κ3) is 12.7. The summed E-state index contributed by atoms with van der Waals surface area (Å²) in [6.45, 7) is 11.7. The summed E-state index contributed by atoms with van der Waals surface area (Å²) in [4.78, 5) is 50.4. The topological polar surface area (TPSA) is 166 Å². The van der Waals surface area contributed by atoms with Gasteiger partial charge in [-0.1, -0.05) is 50.6 Å². The molecule has 0 spiro atoms. The molecule has 11 nitrogen and oxygen atoms in total. The van der Waals surface area contributed by atoms with Gasteiger partial charge in [-0.3, -0.25) is 14.4 Å². The van der Waals surface area contributed by atoms with Gasteiger partial charge in [0.25, 0.3) is 5.91 Å². The van der Waals surface area contributed by atoms with Gasteiger partial charge in [-0.15, -0.1) is 0 Å². The second-order valence-electron chi connectivity index (χ2n) is 11.0. The SMILES string of the molecule is CCCNC1=C(C[C@@H](C)C[C@H](OC)[C@H](O)[C@@H](C)C=C(C)C)C(=O)C(NC(=O)/C(C)=C/C=C\[C@@H](COC(N)=O)OC)=CC1=O. The maximum atomic E-state index is 13.6. The molecule has 0 unspecified atom stereocenters. The van der Waals surface area contributed by atoms with Crippen molar-refractivity contribution in [1.29, 1.82) is 0 Å². The highest BCUT2D eigenvalue weighted by Crippen LogP contribution is 2.28. The highest BCUT2D eigenvalue weighted by atomic mass is 16.6. The number of hydrogen-bond acceptors (Lipinski definition) is 9. The van der Waals surface area contributed by atoms with Gasteiger partial charge >= 0.3 is 6.09 Å². The van der Waals surface area contributed by atoms with Crippen LogP contribution < -0.4 is 16.4 Å². The lowest BCUT2D eigenvalue weighted by molar-refractivity contribution is -0.120. The standard InChI is InChI=1S/C32H49N3O8/c1-9-13-34-28-24(15-20(4)16-27(42-8)29(37)22(6)14-19(2)3)30(38)25(17-26(28)36)35-31(39)21(5)11-10-12-23(41-7)18-43-32(33)40/h10-12,14,17,20,22-23,27,29,34,37H,9,13,15-16,18H2,1-8H3,(H2,33,40)(H,35,39)/b12-10-,21-11+/t20-,22+,23+,27+,29-/m1/s1. The molecule has 0 aromatic rings. The maximum absolute atomic E-state index is 13.6. The van der Waals surface area contributed by atoms with Crippen LogP contribution in [0.5, 0.6) is 0 Å². The number of primary amides is 1. The number of Topliss-reactive ketones (excluding diaryl/α,β-unsaturated/α-hetero) is 1. The summed E-state index contributed by atoms with van der Waals surface area (Å²) in [5.74, 6) is -1.66. The van der Waals surface area contributed by atoms with Crippen LogP contribution in [0.25, 0.3) is 0 Å². The molecule has 2 amide bonds. The lowest BCUT2D eigenvalue weighted by Crippen LogP contribution is -2.37. The van der Waals surface area contributed by atoms with E-state index in [-0.39, 0.29) is 47.4 Å². The van der Waals surface area contributed by atoms with Crippen LogP contribution in [0.1, 0.15) is 60.8 Å². The second kappa shape index (κ2) is 18.9. The van der Waals surface area contributed by atoms with E-state index in [1.54, 1.807) is 26.2 Å². The third-order valence-electron chi connectivity index (χ3n) is 6.87. The van der Waals surface area contributed by atoms with E-state index in [0.717, 1.165) is 18.1 Å². The summed E-state index contributed by atoms with van der Waals surface area (Å²) in [5, 5.41) is 16.5. The number of ketones is 2. The van der Waals surface area contributed by atoms with E-state index < -0.39 is 41.9 Å². The molecule has 11 heteroatoms. The van der Waals surface area contributed by atoms with Crippen LogP contribution in [0.15, 0.2) is 58.5 Å². The number of amides is 2. The molecule has 5 atom stereocenters. The lowest BCUT2D eigenvalue weighted by Gasteiger charge is -2.29. The second-order valence-corrected chi connectivity index (χ2v) is 11.0. The van der Waals surface area contributed by atoms with Crippen molar-refractivity contribution >= 4 is 23.6 Å². The van der Waals surface area contributed by atoms with E-state index in [1.165, 1.54) is 13.2 Å². The summed E-state index contributed by atoms with van der Waals surface area (Å²) in [6, 6.07) is 0. The Kier molecular flexibility index (Phi) is 16.5. The molecule has 43 heavy (non-hydrogen) atoms. The molecule has 1 aliphatic rings. The first kappa shape index (κ1) is 37.5. The van der Waals surface area contributed by atoms with Gasteiger partial charge in [-0.2, -0.15) is 0 Å². The van der Waals surface area contributed by atoms with Gasteiger partial charge in [0, 0.05) is 43.9 Å². The Labute approximate surface area is 255 Å². The van der Waals surface area contributed by atoms with Crippen LogP contribution in [-0.4, -0.2) is 74.4 Å². The molecule has 5 N–H and O–H groups in total. The first-order valence-corrected chi connectivity index (χ1v) is 14.5. The van der Waals surface area contributed by atoms with Crippen LogP contribution in [-0.2, 0) is 28.6 Å². The summed E-state index contributed by atoms with van der Waals surface area (Å²) in [6.07, 6.45) is 6.48. The molecule has 0 bridgehead atoms. The van der Waals surface area contributed by atoms with Crippen molar-refractivity contribution in [3.8, 4) is 0 Å². The minimum Gasteiger partial charge on any atom is -0.447 e. The first-order valence-electron chi connectivity index (χ1n) is 14.5. The number of allylic oxidation sites excluding steroid dienone is 5. The molecule has 0 fully saturated rings. The molecular weight excluding hydrogens is 554 g/mol. The molecule has 0 aromatic carbocycles. The van der Waals surface area contributed by atoms with Gasteiger partial charge in [0.1, 0.15) is 12.7 Å². The predicted octanol–water partition coefficient (Wildman–Crippen LogP) is 3.40. The van der Waals surface area contributed by atoms with E-state index in [2.05, 4.69) is 10.6 Å². The van der Waals surface area contributed by atoms with Gasteiger partial charge in [0.05, 0.1) is 23.6 Å². The fourth-order valence-electron chi connectivity index (χ4n) is 4.58. The Morgan fingerprint density at radius 3 is 2.35 bits per heavy atom. The lowest BCUT2D eigenvalue weighted by atomic mass is 9.85. The summed E-state index contributed by atoms with van der Waals surface area (Å²) in [7, 11) is 2.98. The smallest absolute Gasteiger partial charge is 0.404 e. The van der Waals surface area contributed by atoms with Gasteiger partial charge < -0.3 is 35.7 Å². The number of aliphatic hydroxyl groups is 1. The van der Waals surface area contributed by atoms with E-state index in [9.17, 15) is 24.3 Å². The largest absolute Gasteiger partial charge is 0.447 e. The molecule has 0 heterocycles. The Hall–Kier alpha value is -3.54. The highest BCUT2D eigenvalue weighted by Gasteiger charge is 2.32. The number of nitrogens with one attached hydrogen (secondary N) is 2. The Balaban J connectivity index is 3.10. The molecule has 0 radical (unpaired) electrons. The highest BCUT2D eigenvalue weighted by molar-refractivity contribution is 6.23. The van der Waals surface area contributed by atoms with Crippen LogP contribution >= 0.6 is 0 Å². The number of carbonyl (C=O) groups excluding carboxylic acids is 4. The van der Waals surface area contributed by atoms with Gasteiger partial charge in [-0.25, -0.2) is 4.79 Å². The van der Waals surface area contributed by atoms with Crippen molar-refractivity contribution in [2.75, 3.05) is 27.4 Å². The first-order chi connectivity index (χ1) is 20.2. The number of nitrogens with two attached hydrogens (primary N) is 1. The number of methoxy groups -OCH3 is 2. The third-order valence-corrected chi connectivity index (χ3v) is 6.87. The fraction of sp³-hybridized carbons (Fsp3) is 0.562. The number of carbonyl (C=O) groups is 4. The quantitative estimate of drug-likeness (QED) is 0.0795. The number of rotatable bonds is 18.